The summed E-state index contributed by atoms with van der Waals surface area (Å²) in [5.74, 6) is 8.02. The summed E-state index contributed by atoms with van der Waals surface area (Å²) in [5, 5.41) is 0. The van der Waals surface area contributed by atoms with Crippen molar-refractivity contribution in [2.75, 3.05) is 0 Å². The molecule has 0 heterocycles. The second-order valence-corrected chi connectivity index (χ2v) is 13.1. The third-order valence-corrected chi connectivity index (χ3v) is 11.8. The molecule has 0 aromatic rings. The van der Waals surface area contributed by atoms with Crippen LogP contribution in [0.2, 0.25) is 0 Å². The van der Waals surface area contributed by atoms with Crippen LogP contribution in [-0.4, -0.2) is 0 Å². The molecule has 0 aliphatic heterocycles. The lowest BCUT2D eigenvalue weighted by atomic mass is 9.44. The van der Waals surface area contributed by atoms with E-state index in [4.69, 9.17) is 0 Å². The fraction of sp³-hybridized carbons (Fsp3) is 1.00. The largest absolute Gasteiger partial charge is 0.0651 e. The predicted molar refractivity (Wildman–Crippen MR) is 127 cm³/mol. The van der Waals surface area contributed by atoms with Crippen molar-refractivity contribution in [1.82, 2.24) is 0 Å². The van der Waals surface area contributed by atoms with E-state index in [0.717, 1.165) is 47.3 Å². The van der Waals surface area contributed by atoms with E-state index in [0.29, 0.717) is 10.8 Å². The van der Waals surface area contributed by atoms with Crippen LogP contribution in [-0.2, 0) is 0 Å². The van der Waals surface area contributed by atoms with Crippen molar-refractivity contribution < 1.29 is 0 Å². The van der Waals surface area contributed by atoms with Gasteiger partial charge in [0.25, 0.3) is 0 Å². The van der Waals surface area contributed by atoms with Gasteiger partial charge in [-0.3, -0.25) is 0 Å². The number of rotatable bonds is 6. The minimum atomic E-state index is 0.665. The van der Waals surface area contributed by atoms with Crippen LogP contribution in [0.4, 0.5) is 0 Å². The average molecular weight is 401 g/mol. The van der Waals surface area contributed by atoms with Crippen molar-refractivity contribution in [3.8, 4) is 0 Å². The van der Waals surface area contributed by atoms with E-state index in [1.165, 1.54) is 32.1 Å². The van der Waals surface area contributed by atoms with Crippen LogP contribution in [0.5, 0.6) is 0 Å². The van der Waals surface area contributed by atoms with Crippen molar-refractivity contribution >= 4 is 0 Å². The molecule has 9 atom stereocenters. The van der Waals surface area contributed by atoms with Gasteiger partial charge in [0.2, 0.25) is 0 Å². The lowest BCUT2D eigenvalue weighted by Crippen LogP contribution is -2.53. The van der Waals surface area contributed by atoms with Gasteiger partial charge in [-0.1, -0.05) is 67.2 Å². The van der Waals surface area contributed by atoms with Crippen LogP contribution in [0.1, 0.15) is 125 Å². The third kappa shape index (κ3) is 3.75. The molecule has 0 heteroatoms. The fourth-order valence-electron chi connectivity index (χ4n) is 9.96. The maximum Gasteiger partial charge on any atom is -0.0264 e. The minimum Gasteiger partial charge on any atom is -0.0651 e. The van der Waals surface area contributed by atoms with E-state index in [1.54, 1.807) is 51.4 Å². The molecule has 0 spiro atoms. The molecule has 0 amide bonds. The highest BCUT2D eigenvalue weighted by atomic mass is 14.6. The molecule has 4 fully saturated rings. The van der Waals surface area contributed by atoms with Crippen LogP contribution in [0.3, 0.4) is 0 Å². The monoisotopic (exact) mass is 400 g/mol. The number of hydrogen-bond donors (Lipinski definition) is 0. The van der Waals surface area contributed by atoms with E-state index in [-0.39, 0.29) is 0 Å². The molecule has 0 aromatic carbocycles. The maximum absolute atomic E-state index is 2.76. The van der Waals surface area contributed by atoms with E-state index < -0.39 is 0 Å². The Kier molecular flexibility index (Phi) is 6.51. The molecule has 0 radical (unpaired) electrons. The van der Waals surface area contributed by atoms with Crippen molar-refractivity contribution in [2.45, 2.75) is 125 Å². The summed E-state index contributed by atoms with van der Waals surface area (Å²) in [7, 11) is 0. The summed E-state index contributed by atoms with van der Waals surface area (Å²) < 4.78 is 0. The summed E-state index contributed by atoms with van der Waals surface area (Å²) in [6.45, 7) is 15.4. The Hall–Kier alpha value is 0. The quantitative estimate of drug-likeness (QED) is 0.417. The zero-order chi connectivity index (χ0) is 20.8. The van der Waals surface area contributed by atoms with Gasteiger partial charge < -0.3 is 0 Å². The van der Waals surface area contributed by atoms with Crippen LogP contribution in [0.15, 0.2) is 0 Å². The highest BCUT2D eigenvalue weighted by molar-refractivity contribution is 5.09. The van der Waals surface area contributed by atoms with Crippen LogP contribution in [0, 0.1) is 58.2 Å². The summed E-state index contributed by atoms with van der Waals surface area (Å²) in [6.07, 6.45) is 19.8. The van der Waals surface area contributed by atoms with Gasteiger partial charge in [0.05, 0.1) is 0 Å². The Balaban J connectivity index is 1.45. The first-order valence-corrected chi connectivity index (χ1v) is 13.8. The van der Waals surface area contributed by atoms with Gasteiger partial charge in [-0.25, -0.2) is 0 Å². The zero-order valence-electron chi connectivity index (χ0n) is 20.8. The lowest BCUT2D eigenvalue weighted by Gasteiger charge is -2.61. The first kappa shape index (κ1) is 22.2. The van der Waals surface area contributed by atoms with Crippen molar-refractivity contribution in [3.05, 3.63) is 0 Å². The molecule has 4 aliphatic rings. The standard InChI is InChI=1S/C29H52/c1-7-22(20(2)3)12-11-21(4)25-15-16-26-24-14-13-23-10-8-9-18-28(23,5)27(24)17-19-29(25,26)6/h20-27H,7-19H2,1-6H3/t21-,22-,23+,24-,25+,26-,27-,28-,29+/m0/s1. The molecule has 0 nitrogen and oxygen atoms in total. The topological polar surface area (TPSA) is 0 Å². The molecule has 168 valence electrons. The molecular weight excluding hydrogens is 348 g/mol. The molecule has 0 N–H and O–H groups in total. The Labute approximate surface area is 183 Å². The van der Waals surface area contributed by atoms with Crippen LogP contribution < -0.4 is 0 Å². The highest BCUT2D eigenvalue weighted by Gasteiger charge is 2.60. The molecule has 0 bridgehead atoms. The Morgan fingerprint density at radius 3 is 2.24 bits per heavy atom. The van der Waals surface area contributed by atoms with Crippen molar-refractivity contribution in [2.24, 2.45) is 58.2 Å². The van der Waals surface area contributed by atoms with Gasteiger partial charge in [-0.05, 0) is 116 Å². The van der Waals surface area contributed by atoms with Crippen LogP contribution >= 0.6 is 0 Å². The van der Waals surface area contributed by atoms with Crippen molar-refractivity contribution in [3.63, 3.8) is 0 Å². The zero-order valence-corrected chi connectivity index (χ0v) is 20.8. The highest BCUT2D eigenvalue weighted by Crippen LogP contribution is 2.68. The Morgan fingerprint density at radius 1 is 0.759 bits per heavy atom. The normalized spacial score (nSPS) is 46.7. The van der Waals surface area contributed by atoms with Gasteiger partial charge in [-0.2, -0.15) is 0 Å². The van der Waals surface area contributed by atoms with E-state index in [9.17, 15) is 0 Å². The van der Waals surface area contributed by atoms with Gasteiger partial charge in [-0.15, -0.1) is 0 Å². The molecule has 4 rings (SSSR count). The van der Waals surface area contributed by atoms with Gasteiger partial charge in [0.1, 0.15) is 0 Å². The minimum absolute atomic E-state index is 0.665. The first-order valence-electron chi connectivity index (χ1n) is 13.8. The Bertz CT molecular complexity index is 548. The van der Waals surface area contributed by atoms with Gasteiger partial charge >= 0.3 is 0 Å². The second kappa shape index (κ2) is 8.50. The molecule has 4 aliphatic carbocycles. The maximum atomic E-state index is 2.76. The van der Waals surface area contributed by atoms with Gasteiger partial charge in [0, 0.05) is 0 Å². The van der Waals surface area contributed by atoms with Crippen molar-refractivity contribution in [1.29, 1.82) is 0 Å². The Morgan fingerprint density at radius 2 is 1.52 bits per heavy atom. The summed E-state index contributed by atoms with van der Waals surface area (Å²) in [6, 6.07) is 0. The predicted octanol–water partition coefficient (Wildman–Crippen LogP) is 9.13. The number of hydrogen-bond acceptors (Lipinski definition) is 0. The second-order valence-electron chi connectivity index (χ2n) is 13.1. The number of fused-ring (bicyclic) bond motifs is 5. The molecule has 29 heavy (non-hydrogen) atoms. The third-order valence-electron chi connectivity index (χ3n) is 11.8. The van der Waals surface area contributed by atoms with E-state index in [1.807, 2.05) is 0 Å². The molecular formula is C29H52. The average Bonchev–Trinajstić information content (AvgIpc) is 3.05. The van der Waals surface area contributed by atoms with E-state index in [2.05, 4.69) is 41.5 Å². The molecule has 0 unspecified atom stereocenters. The molecule has 4 saturated carbocycles. The SMILES string of the molecule is CC[C@@H](CC[C@H](C)[C@H]1CC[C@H]2[C@@H]3CC[C@H]4CCCC[C@]4(C)[C@H]3CC[C@]12C)C(C)C. The first-order chi connectivity index (χ1) is 13.8. The summed E-state index contributed by atoms with van der Waals surface area (Å²) >= 11 is 0. The summed E-state index contributed by atoms with van der Waals surface area (Å²) in [4.78, 5) is 0. The lowest BCUT2D eigenvalue weighted by molar-refractivity contribution is -0.114. The molecule has 0 saturated heterocycles. The summed E-state index contributed by atoms with van der Waals surface area (Å²) in [5.41, 5.74) is 1.37. The fourth-order valence-corrected chi connectivity index (χ4v) is 9.96. The van der Waals surface area contributed by atoms with Gasteiger partial charge in [0.15, 0.2) is 0 Å². The van der Waals surface area contributed by atoms with E-state index >= 15 is 0 Å². The smallest absolute Gasteiger partial charge is 0.0264 e. The van der Waals surface area contributed by atoms with Crippen LogP contribution in [0.25, 0.3) is 0 Å². The molecule has 0 aromatic heterocycles.